The maximum Gasteiger partial charge on any atom is 0.416 e. The highest BCUT2D eigenvalue weighted by molar-refractivity contribution is 5.96. The molecule has 0 saturated heterocycles. The summed E-state index contributed by atoms with van der Waals surface area (Å²) in [5, 5.41) is 0. The Labute approximate surface area is 153 Å². The molecule has 2 amide bonds. The highest BCUT2D eigenvalue weighted by atomic mass is 19.4. The van der Waals surface area contributed by atoms with Gasteiger partial charge >= 0.3 is 12.4 Å². The number of amides is 2. The normalized spacial score (nSPS) is 11.8. The first kappa shape index (κ1) is 21.2. The number of halogens is 7. The summed E-state index contributed by atoms with van der Waals surface area (Å²) in [6.07, 6.45) is -10.5. The van der Waals surface area contributed by atoms with Gasteiger partial charge in [-0.15, -0.1) is 0 Å². The Hall–Kier alpha value is -3.11. The molecule has 0 radical (unpaired) electrons. The third-order valence-corrected chi connectivity index (χ3v) is 3.44. The maximum atomic E-state index is 12.8. The largest absolute Gasteiger partial charge is 0.416 e. The molecule has 0 atom stereocenters. The van der Waals surface area contributed by atoms with E-state index in [1.165, 1.54) is 12.1 Å². The highest BCUT2D eigenvalue weighted by Gasteiger charge is 2.37. The van der Waals surface area contributed by atoms with E-state index in [2.05, 4.69) is 0 Å². The van der Waals surface area contributed by atoms with Gasteiger partial charge in [-0.2, -0.15) is 26.3 Å². The Balaban J connectivity index is 2.12. The van der Waals surface area contributed by atoms with Gasteiger partial charge in [0, 0.05) is 5.56 Å². The van der Waals surface area contributed by atoms with E-state index in [1.54, 1.807) is 5.43 Å². The van der Waals surface area contributed by atoms with Crippen molar-refractivity contribution in [2.24, 2.45) is 0 Å². The van der Waals surface area contributed by atoms with E-state index in [4.69, 9.17) is 0 Å². The van der Waals surface area contributed by atoms with Gasteiger partial charge in [-0.25, -0.2) is 4.39 Å². The topological polar surface area (TPSA) is 58.2 Å². The number of hydrogen-bond donors (Lipinski definition) is 2. The standard InChI is InChI=1S/C17H11F7N2O2/c18-13-3-1-9(2-4-13)5-14(27)25-26-15(28)10-6-11(16(19,20)21)8-12(7-10)17(22,23)24/h1-4,6-8H,5H2,(H,25,27)(H,26,28). The second-order valence-electron chi connectivity index (χ2n) is 5.60. The fraction of sp³-hybridized carbons (Fsp3) is 0.176. The second kappa shape index (κ2) is 7.87. The molecule has 0 aliphatic heterocycles. The minimum absolute atomic E-state index is 0.121. The summed E-state index contributed by atoms with van der Waals surface area (Å²) in [4.78, 5) is 23.6. The summed E-state index contributed by atoms with van der Waals surface area (Å²) in [6, 6.07) is 5.10. The fourth-order valence-electron chi connectivity index (χ4n) is 2.12. The van der Waals surface area contributed by atoms with E-state index < -0.39 is 46.7 Å². The molecule has 0 heterocycles. The Kier molecular flexibility index (Phi) is 5.95. The van der Waals surface area contributed by atoms with E-state index >= 15 is 0 Å². The van der Waals surface area contributed by atoms with Gasteiger partial charge < -0.3 is 0 Å². The first-order valence-corrected chi connectivity index (χ1v) is 7.49. The van der Waals surface area contributed by atoms with Crippen molar-refractivity contribution in [2.45, 2.75) is 18.8 Å². The number of hydrazine groups is 1. The van der Waals surface area contributed by atoms with Crippen LogP contribution in [0, 0.1) is 5.82 Å². The van der Waals surface area contributed by atoms with Crippen LogP contribution in [0.15, 0.2) is 42.5 Å². The minimum Gasteiger partial charge on any atom is -0.273 e. The van der Waals surface area contributed by atoms with Crippen molar-refractivity contribution >= 4 is 11.8 Å². The zero-order chi connectivity index (χ0) is 21.1. The van der Waals surface area contributed by atoms with Crippen molar-refractivity contribution < 1.29 is 40.3 Å². The second-order valence-corrected chi connectivity index (χ2v) is 5.60. The van der Waals surface area contributed by atoms with Crippen LogP contribution in [-0.4, -0.2) is 11.8 Å². The molecular formula is C17H11F7N2O2. The van der Waals surface area contributed by atoms with E-state index in [1.807, 2.05) is 5.43 Å². The van der Waals surface area contributed by atoms with E-state index in [0.29, 0.717) is 5.56 Å². The first-order chi connectivity index (χ1) is 12.9. The number of nitrogens with one attached hydrogen (secondary N) is 2. The molecule has 11 heteroatoms. The van der Waals surface area contributed by atoms with Crippen LogP contribution in [0.1, 0.15) is 27.0 Å². The molecular weight excluding hydrogens is 397 g/mol. The monoisotopic (exact) mass is 408 g/mol. The lowest BCUT2D eigenvalue weighted by Crippen LogP contribution is -2.42. The molecule has 2 aromatic carbocycles. The molecule has 0 unspecified atom stereocenters. The summed E-state index contributed by atoms with van der Waals surface area (Å²) in [5.74, 6) is -2.73. The summed E-state index contributed by atoms with van der Waals surface area (Å²) in [7, 11) is 0. The maximum absolute atomic E-state index is 12.8. The number of carbonyl (C=O) groups is 2. The zero-order valence-electron chi connectivity index (χ0n) is 13.7. The lowest BCUT2D eigenvalue weighted by Gasteiger charge is -2.14. The fourth-order valence-corrected chi connectivity index (χ4v) is 2.12. The molecule has 0 saturated carbocycles. The Bertz CT molecular complexity index is 842. The summed E-state index contributed by atoms with van der Waals surface area (Å²) < 4.78 is 89.5. The molecule has 150 valence electrons. The van der Waals surface area contributed by atoms with E-state index in [0.717, 1.165) is 12.1 Å². The van der Waals surface area contributed by atoms with Crippen molar-refractivity contribution in [3.05, 3.63) is 70.5 Å². The smallest absolute Gasteiger partial charge is 0.273 e. The molecule has 2 aromatic rings. The van der Waals surface area contributed by atoms with Gasteiger partial charge in [0.25, 0.3) is 5.91 Å². The van der Waals surface area contributed by atoms with Gasteiger partial charge in [-0.1, -0.05) is 12.1 Å². The van der Waals surface area contributed by atoms with Crippen LogP contribution in [0.3, 0.4) is 0 Å². The molecule has 0 fully saturated rings. The zero-order valence-corrected chi connectivity index (χ0v) is 13.7. The molecule has 0 spiro atoms. The van der Waals surface area contributed by atoms with Crippen LogP contribution in [0.2, 0.25) is 0 Å². The lowest BCUT2D eigenvalue weighted by atomic mass is 10.0. The number of rotatable bonds is 3. The Morgan fingerprint density at radius 1 is 0.786 bits per heavy atom. The molecule has 0 aliphatic carbocycles. The van der Waals surface area contributed by atoms with Gasteiger partial charge in [0.2, 0.25) is 5.91 Å². The van der Waals surface area contributed by atoms with Gasteiger partial charge in [-0.3, -0.25) is 20.4 Å². The lowest BCUT2D eigenvalue weighted by molar-refractivity contribution is -0.143. The van der Waals surface area contributed by atoms with Gasteiger partial charge in [0.05, 0.1) is 17.5 Å². The van der Waals surface area contributed by atoms with E-state index in [9.17, 15) is 40.3 Å². The van der Waals surface area contributed by atoms with Crippen LogP contribution in [0.4, 0.5) is 30.7 Å². The summed E-state index contributed by atoms with van der Waals surface area (Å²) in [6.45, 7) is 0. The van der Waals surface area contributed by atoms with Gasteiger partial charge in [0.1, 0.15) is 5.82 Å². The molecule has 28 heavy (non-hydrogen) atoms. The average Bonchev–Trinajstić information content (AvgIpc) is 2.59. The number of hydrogen-bond acceptors (Lipinski definition) is 2. The molecule has 4 nitrogen and oxygen atoms in total. The third kappa shape index (κ3) is 5.69. The van der Waals surface area contributed by atoms with Crippen LogP contribution < -0.4 is 10.9 Å². The molecule has 0 aliphatic rings. The van der Waals surface area contributed by atoms with Crippen molar-refractivity contribution in [3.63, 3.8) is 0 Å². The van der Waals surface area contributed by atoms with Crippen LogP contribution in [0.25, 0.3) is 0 Å². The average molecular weight is 408 g/mol. The van der Waals surface area contributed by atoms with Crippen molar-refractivity contribution in [2.75, 3.05) is 0 Å². The first-order valence-electron chi connectivity index (χ1n) is 7.49. The molecule has 0 bridgehead atoms. The quantitative estimate of drug-likeness (QED) is 0.599. The van der Waals surface area contributed by atoms with Crippen molar-refractivity contribution in [1.29, 1.82) is 0 Å². The predicted molar refractivity (Wildman–Crippen MR) is 82.2 cm³/mol. The molecule has 0 aromatic heterocycles. The number of benzene rings is 2. The third-order valence-electron chi connectivity index (χ3n) is 3.44. The van der Waals surface area contributed by atoms with Crippen LogP contribution >= 0.6 is 0 Å². The summed E-state index contributed by atoms with van der Waals surface area (Å²) >= 11 is 0. The molecule has 2 rings (SSSR count). The SMILES string of the molecule is O=C(Cc1ccc(F)cc1)NNC(=O)c1cc(C(F)(F)F)cc(C(F)(F)F)c1. The Morgan fingerprint density at radius 3 is 1.75 bits per heavy atom. The number of alkyl halides is 6. The minimum atomic E-state index is -5.11. The van der Waals surface area contributed by atoms with Gasteiger partial charge in [0.15, 0.2) is 0 Å². The predicted octanol–water partition coefficient (Wildman–Crippen LogP) is 3.87. The molecule has 2 N–H and O–H groups in total. The van der Waals surface area contributed by atoms with Crippen molar-refractivity contribution in [1.82, 2.24) is 10.9 Å². The number of carbonyl (C=O) groups excluding carboxylic acids is 2. The van der Waals surface area contributed by atoms with Crippen molar-refractivity contribution in [3.8, 4) is 0 Å². The van der Waals surface area contributed by atoms with Crippen LogP contribution in [0.5, 0.6) is 0 Å². The summed E-state index contributed by atoms with van der Waals surface area (Å²) in [5.41, 5.74) is -0.291. The van der Waals surface area contributed by atoms with Crippen LogP contribution in [-0.2, 0) is 23.6 Å². The highest BCUT2D eigenvalue weighted by Crippen LogP contribution is 2.36. The van der Waals surface area contributed by atoms with E-state index in [-0.39, 0.29) is 24.6 Å². The Morgan fingerprint density at radius 2 is 1.29 bits per heavy atom. The van der Waals surface area contributed by atoms with Gasteiger partial charge in [-0.05, 0) is 35.9 Å².